The van der Waals surface area contributed by atoms with Gasteiger partial charge >= 0.3 is 18.3 Å². The largest absolute Gasteiger partial charge is 0.499 e. The summed E-state index contributed by atoms with van der Waals surface area (Å²) >= 11 is 0. The zero-order valence-electron chi connectivity index (χ0n) is 15.5. The van der Waals surface area contributed by atoms with Gasteiger partial charge in [-0.3, -0.25) is 0 Å². The molecule has 2 rings (SSSR count). The van der Waals surface area contributed by atoms with Crippen LogP contribution in [-0.2, 0) is 19.5 Å². The number of rotatable bonds is 6. The van der Waals surface area contributed by atoms with Crippen molar-refractivity contribution in [3.8, 4) is 5.75 Å². The van der Waals surface area contributed by atoms with Gasteiger partial charge in [0.25, 0.3) is 10.0 Å². The van der Waals surface area contributed by atoms with Gasteiger partial charge in [-0.15, -0.1) is 0 Å². The Labute approximate surface area is 171 Å². The lowest BCUT2D eigenvalue weighted by Crippen LogP contribution is -2.53. The van der Waals surface area contributed by atoms with E-state index >= 15 is 0 Å². The van der Waals surface area contributed by atoms with Crippen molar-refractivity contribution in [2.45, 2.75) is 17.2 Å². The molecular weight excluding hydrogens is 461 g/mol. The Kier molecular flexibility index (Phi) is 6.67. The smallest absolute Gasteiger partial charge is 0.481 e. The molecular formula is C14H14F5N5O6S. The molecule has 1 aliphatic rings. The molecule has 0 aromatic heterocycles. The molecule has 1 heterocycles. The van der Waals surface area contributed by atoms with Crippen LogP contribution >= 0.6 is 0 Å². The first kappa shape index (κ1) is 23.8. The molecule has 31 heavy (non-hydrogen) atoms. The topological polar surface area (TPSA) is 131 Å². The Morgan fingerprint density at radius 1 is 1.13 bits per heavy atom. The number of sulfonamides is 1. The van der Waals surface area contributed by atoms with Crippen LogP contribution in [0.5, 0.6) is 5.75 Å². The summed E-state index contributed by atoms with van der Waals surface area (Å²) in [6.45, 7) is 0. The summed E-state index contributed by atoms with van der Waals surface area (Å²) in [5.41, 5.74) is 4.27. The number of ether oxygens (including phenoxy) is 3. The van der Waals surface area contributed by atoms with Gasteiger partial charge in [0.05, 0.1) is 20.3 Å². The predicted molar refractivity (Wildman–Crippen MR) is 91.4 cm³/mol. The van der Waals surface area contributed by atoms with Crippen LogP contribution in [0.2, 0.25) is 0 Å². The van der Waals surface area contributed by atoms with Gasteiger partial charge in [-0.1, -0.05) is 22.5 Å². The molecule has 172 valence electrons. The van der Waals surface area contributed by atoms with Crippen LogP contribution in [0.1, 0.15) is 0 Å². The molecule has 0 aliphatic carbocycles. The highest BCUT2D eigenvalue weighted by Crippen LogP contribution is 2.39. The summed E-state index contributed by atoms with van der Waals surface area (Å²) in [5.74, 6) is -1.37. The van der Waals surface area contributed by atoms with Crippen molar-refractivity contribution < 1.29 is 49.4 Å². The van der Waals surface area contributed by atoms with Crippen molar-refractivity contribution in [3.63, 3.8) is 0 Å². The van der Waals surface area contributed by atoms with Crippen LogP contribution < -0.4 is 20.3 Å². The van der Waals surface area contributed by atoms with Crippen LogP contribution in [0.3, 0.4) is 0 Å². The first-order chi connectivity index (χ1) is 14.3. The number of methoxy groups -OCH3 is 2. The molecule has 0 radical (unpaired) electrons. The van der Waals surface area contributed by atoms with Gasteiger partial charge in [-0.25, -0.2) is 28.8 Å². The molecule has 17 heteroatoms. The molecule has 1 aromatic carbocycles. The SMILES string of the molecule is COC1=CC(OC)=NN(NC(=O)NS(=O)(=O)c2ccccc2OC(F)(F)C(F)(F)F)N1. The lowest BCUT2D eigenvalue weighted by atomic mass is 10.3. The molecule has 11 nitrogen and oxygen atoms in total. The molecule has 0 saturated carbocycles. The third kappa shape index (κ3) is 5.77. The lowest BCUT2D eigenvalue weighted by molar-refractivity contribution is -0.361. The molecule has 0 fully saturated rings. The summed E-state index contributed by atoms with van der Waals surface area (Å²) in [5, 5.41) is 4.26. The summed E-state index contributed by atoms with van der Waals surface area (Å²) in [6, 6.07) is 1.72. The van der Waals surface area contributed by atoms with E-state index in [1.165, 1.54) is 25.0 Å². The van der Waals surface area contributed by atoms with Crippen LogP contribution in [0.25, 0.3) is 0 Å². The van der Waals surface area contributed by atoms with Gasteiger partial charge in [-0.05, 0) is 12.1 Å². The molecule has 0 atom stereocenters. The zero-order chi connectivity index (χ0) is 23.4. The Morgan fingerprint density at radius 3 is 2.35 bits per heavy atom. The maximum absolute atomic E-state index is 13.2. The van der Waals surface area contributed by atoms with E-state index in [9.17, 15) is 35.2 Å². The maximum Gasteiger partial charge on any atom is 0.499 e. The molecule has 0 unspecified atom stereocenters. The minimum Gasteiger partial charge on any atom is -0.481 e. The summed E-state index contributed by atoms with van der Waals surface area (Å²) in [6.07, 6.45) is -10.5. The third-order valence-corrected chi connectivity index (χ3v) is 4.61. The molecule has 1 aromatic rings. The maximum atomic E-state index is 13.2. The number of halogens is 5. The van der Waals surface area contributed by atoms with Gasteiger partial charge in [0, 0.05) is 0 Å². The number of carbonyl (C=O) groups is 1. The molecule has 0 spiro atoms. The standard InChI is InChI=1S/C14H14F5N5O6S/c1-28-10-7-11(29-2)21-24(20-10)22-12(25)23-31(26,27)9-6-4-3-5-8(9)30-14(18,19)13(15,16)17/h3-7,20H,1-2H3,(H2,22,23,25). The zero-order valence-corrected chi connectivity index (χ0v) is 16.3. The number of hydrogen-bond acceptors (Lipinski definition) is 9. The number of hydrogen-bond donors (Lipinski definition) is 3. The fourth-order valence-corrected chi connectivity index (χ4v) is 2.94. The van der Waals surface area contributed by atoms with E-state index in [1.54, 1.807) is 0 Å². The van der Waals surface area contributed by atoms with Gasteiger partial charge in [0.1, 0.15) is 10.6 Å². The highest BCUT2D eigenvalue weighted by Gasteiger charge is 2.61. The first-order valence-electron chi connectivity index (χ1n) is 7.80. The number of para-hydroxylation sites is 1. The van der Waals surface area contributed by atoms with Gasteiger partial charge in [0.2, 0.25) is 11.8 Å². The van der Waals surface area contributed by atoms with Crippen molar-refractivity contribution >= 4 is 22.0 Å². The van der Waals surface area contributed by atoms with Gasteiger partial charge < -0.3 is 14.2 Å². The van der Waals surface area contributed by atoms with Crippen LogP contribution in [0.4, 0.5) is 26.7 Å². The number of urea groups is 1. The second-order valence-corrected chi connectivity index (χ2v) is 7.04. The normalized spacial score (nSPS) is 14.6. The molecule has 3 N–H and O–H groups in total. The molecule has 2 amide bonds. The molecule has 1 aliphatic heterocycles. The summed E-state index contributed by atoms with van der Waals surface area (Å²) in [4.78, 5) is 10.9. The van der Waals surface area contributed by atoms with E-state index in [2.05, 4.69) is 15.3 Å². The van der Waals surface area contributed by atoms with E-state index < -0.39 is 39.0 Å². The molecule has 0 bridgehead atoms. The lowest BCUT2D eigenvalue weighted by Gasteiger charge is -2.25. The highest BCUT2D eigenvalue weighted by molar-refractivity contribution is 7.90. The number of hydrazone groups is 1. The fourth-order valence-electron chi connectivity index (χ4n) is 1.91. The second kappa shape index (κ2) is 8.70. The Hall–Kier alpha value is -3.50. The highest BCUT2D eigenvalue weighted by atomic mass is 32.2. The van der Waals surface area contributed by atoms with E-state index in [-0.39, 0.29) is 11.8 Å². The Bertz CT molecular complexity index is 998. The van der Waals surface area contributed by atoms with Crippen LogP contribution in [0.15, 0.2) is 46.2 Å². The monoisotopic (exact) mass is 475 g/mol. The molecule has 0 saturated heterocycles. The number of alkyl halides is 5. The number of amides is 2. The van der Waals surface area contributed by atoms with Crippen molar-refractivity contribution in [2.75, 3.05) is 14.2 Å². The fraction of sp³-hybridized carbons (Fsp3) is 0.286. The average Bonchev–Trinajstić information content (AvgIpc) is 2.66. The summed E-state index contributed by atoms with van der Waals surface area (Å²) < 4.78 is 103. The Balaban J connectivity index is 2.19. The minimum absolute atomic E-state index is 0.0307. The number of carbonyl (C=O) groups excluding carboxylic acids is 1. The van der Waals surface area contributed by atoms with Gasteiger partial charge in [-0.2, -0.15) is 22.0 Å². The summed E-state index contributed by atoms with van der Waals surface area (Å²) in [7, 11) is -2.47. The average molecular weight is 475 g/mol. The van der Waals surface area contributed by atoms with E-state index in [0.29, 0.717) is 17.4 Å². The first-order valence-corrected chi connectivity index (χ1v) is 9.28. The van der Waals surface area contributed by atoms with Crippen molar-refractivity contribution in [1.29, 1.82) is 0 Å². The minimum atomic E-state index is -6.11. The van der Waals surface area contributed by atoms with Gasteiger partial charge in [0.15, 0.2) is 0 Å². The van der Waals surface area contributed by atoms with E-state index in [1.807, 2.05) is 5.43 Å². The number of benzene rings is 1. The van der Waals surface area contributed by atoms with Crippen LogP contribution in [0, 0.1) is 0 Å². The quantitative estimate of drug-likeness (QED) is 0.527. The van der Waals surface area contributed by atoms with Crippen molar-refractivity contribution in [2.24, 2.45) is 5.10 Å². The third-order valence-electron chi connectivity index (χ3n) is 3.24. The van der Waals surface area contributed by atoms with Crippen LogP contribution in [-0.4, -0.2) is 52.1 Å². The Morgan fingerprint density at radius 2 is 1.77 bits per heavy atom. The van der Waals surface area contributed by atoms with Crippen molar-refractivity contribution in [1.82, 2.24) is 20.8 Å². The number of nitrogens with one attached hydrogen (secondary N) is 3. The second-order valence-electron chi connectivity index (χ2n) is 5.39. The predicted octanol–water partition coefficient (Wildman–Crippen LogP) is 1.39. The van der Waals surface area contributed by atoms with E-state index in [0.717, 1.165) is 12.1 Å². The number of hydrazine groups is 2. The van der Waals surface area contributed by atoms with Crippen molar-refractivity contribution in [3.05, 3.63) is 36.2 Å². The van der Waals surface area contributed by atoms with E-state index in [4.69, 9.17) is 9.47 Å². The number of nitrogens with zero attached hydrogens (tertiary/aromatic N) is 2.